The summed E-state index contributed by atoms with van der Waals surface area (Å²) in [6, 6.07) is 14.2. The number of likely N-dealkylation sites (tertiary alicyclic amines) is 1. The Hall–Kier alpha value is -2.43. The molecule has 6 nitrogen and oxygen atoms in total. The van der Waals surface area contributed by atoms with Crippen molar-refractivity contribution >= 4 is 40.6 Å². The molecular formula is C35H44ClF2N3O3S. The summed E-state index contributed by atoms with van der Waals surface area (Å²) >= 11 is 7.22. The second kappa shape index (κ2) is 15.9. The van der Waals surface area contributed by atoms with E-state index < -0.39 is 12.0 Å². The topological polar surface area (TPSA) is 76.8 Å². The van der Waals surface area contributed by atoms with E-state index in [-0.39, 0.29) is 34.8 Å². The predicted octanol–water partition coefficient (Wildman–Crippen LogP) is 8.13. The number of nitrogens with zero attached hydrogens (tertiary/aromatic N) is 1. The third-order valence-electron chi connectivity index (χ3n) is 8.89. The lowest BCUT2D eigenvalue weighted by Crippen LogP contribution is -2.41. The molecule has 3 aromatic carbocycles. The fourth-order valence-electron chi connectivity index (χ4n) is 6.05. The highest BCUT2D eigenvalue weighted by Gasteiger charge is 2.42. The lowest BCUT2D eigenvalue weighted by atomic mass is 10.0. The van der Waals surface area contributed by atoms with Gasteiger partial charge in [0.1, 0.15) is 23.8 Å². The van der Waals surface area contributed by atoms with Gasteiger partial charge in [-0.05, 0) is 143 Å². The van der Waals surface area contributed by atoms with Crippen molar-refractivity contribution in [1.29, 1.82) is 0 Å². The van der Waals surface area contributed by atoms with Crippen molar-refractivity contribution in [3.05, 3.63) is 65.2 Å². The van der Waals surface area contributed by atoms with Gasteiger partial charge in [0.25, 0.3) is 5.92 Å². The number of nitrogens with one attached hydrogen (secondary N) is 1. The molecule has 0 spiro atoms. The summed E-state index contributed by atoms with van der Waals surface area (Å²) in [6.07, 6.45) is 11.3. The molecule has 2 aliphatic carbocycles. The molecule has 1 heterocycles. The summed E-state index contributed by atoms with van der Waals surface area (Å²) in [6.45, 7) is 2.36. The van der Waals surface area contributed by atoms with Crippen molar-refractivity contribution in [1.82, 2.24) is 9.62 Å². The summed E-state index contributed by atoms with van der Waals surface area (Å²) in [5.41, 5.74) is 5.35. The van der Waals surface area contributed by atoms with Gasteiger partial charge in [-0.25, -0.2) is 4.72 Å². The minimum Gasteiger partial charge on any atom is -0.490 e. The van der Waals surface area contributed by atoms with Crippen molar-refractivity contribution in [3.8, 4) is 11.5 Å². The molecule has 1 saturated heterocycles. The molecule has 3 aromatic rings. The van der Waals surface area contributed by atoms with Crippen LogP contribution in [0.5, 0.6) is 11.5 Å². The first-order chi connectivity index (χ1) is 21.7. The van der Waals surface area contributed by atoms with Gasteiger partial charge in [0.15, 0.2) is 0 Å². The van der Waals surface area contributed by atoms with Crippen molar-refractivity contribution in [2.75, 3.05) is 20.1 Å². The van der Waals surface area contributed by atoms with E-state index in [0.717, 1.165) is 71.9 Å². The second-order valence-electron chi connectivity index (χ2n) is 12.5. The maximum absolute atomic E-state index is 15.4. The molecule has 10 heteroatoms. The number of rotatable bonds is 10. The highest BCUT2D eigenvalue weighted by atomic mass is 35.5. The maximum Gasteiger partial charge on any atom is 0.295 e. The molecule has 0 bridgehead atoms. The van der Waals surface area contributed by atoms with Gasteiger partial charge >= 0.3 is 0 Å². The van der Waals surface area contributed by atoms with Crippen LogP contribution in [0.15, 0.2) is 59.5 Å². The fourth-order valence-corrected chi connectivity index (χ4v) is 7.00. The third kappa shape index (κ3) is 9.32. The fraction of sp³-hybridized carbons (Fsp3) is 0.514. The van der Waals surface area contributed by atoms with Crippen LogP contribution in [0.25, 0.3) is 10.8 Å². The Labute approximate surface area is 274 Å². The lowest BCUT2D eigenvalue weighted by molar-refractivity contribution is -0.119. The number of carbonyl (C=O) groups is 1. The van der Waals surface area contributed by atoms with E-state index in [9.17, 15) is 4.79 Å². The number of hydrogen-bond donors (Lipinski definition) is 2. The first-order valence-electron chi connectivity index (χ1n) is 16.1. The minimum atomic E-state index is -3.46. The van der Waals surface area contributed by atoms with Gasteiger partial charge in [-0.2, -0.15) is 8.78 Å². The van der Waals surface area contributed by atoms with Crippen LogP contribution in [0.3, 0.4) is 0 Å². The average molecular weight is 660 g/mol. The molecule has 0 radical (unpaired) electrons. The van der Waals surface area contributed by atoms with Gasteiger partial charge in [0, 0.05) is 16.5 Å². The van der Waals surface area contributed by atoms with E-state index in [1.807, 2.05) is 36.4 Å². The molecule has 244 valence electrons. The molecule has 1 aliphatic heterocycles. The summed E-state index contributed by atoms with van der Waals surface area (Å²) in [7, 11) is 2.14. The highest BCUT2D eigenvalue weighted by molar-refractivity contribution is 7.97. The molecule has 1 unspecified atom stereocenters. The van der Waals surface area contributed by atoms with Crippen LogP contribution in [0.1, 0.15) is 69.8 Å². The summed E-state index contributed by atoms with van der Waals surface area (Å²) < 4.78 is 45.4. The number of benzene rings is 3. The number of piperidine rings is 1. The molecule has 3 fully saturated rings. The highest BCUT2D eigenvalue weighted by Crippen LogP contribution is 2.38. The van der Waals surface area contributed by atoms with Crippen molar-refractivity contribution in [3.63, 3.8) is 0 Å². The second-order valence-corrected chi connectivity index (χ2v) is 13.8. The number of alkyl halides is 2. The van der Waals surface area contributed by atoms with Crippen molar-refractivity contribution < 1.29 is 23.0 Å². The Morgan fingerprint density at radius 2 is 1.53 bits per heavy atom. The number of nitrogens with two attached hydrogens (primary N) is 1. The van der Waals surface area contributed by atoms with E-state index in [4.69, 9.17) is 26.8 Å². The lowest BCUT2D eigenvalue weighted by Gasteiger charge is -2.25. The SMILES string of the molecule is CN1CCC(N)CC1.O=CC(NSc1ccc2cc(OC3CCCC3)ccc2c1)C(F)(F)c1ccc(Cl)c(OC2CCCC2)c1. The maximum atomic E-state index is 15.4. The Bertz CT molecular complexity index is 1400. The zero-order valence-electron chi connectivity index (χ0n) is 25.9. The normalized spacial score (nSPS) is 19.3. The molecular weight excluding hydrogens is 616 g/mol. The Kier molecular flexibility index (Phi) is 12.0. The molecule has 2 saturated carbocycles. The molecule has 6 rings (SSSR count). The third-order valence-corrected chi connectivity index (χ3v) is 10.1. The van der Waals surface area contributed by atoms with Gasteiger partial charge < -0.3 is 24.9 Å². The largest absolute Gasteiger partial charge is 0.490 e. The molecule has 0 amide bonds. The van der Waals surface area contributed by atoms with Crippen LogP contribution >= 0.6 is 23.5 Å². The molecule has 1 atom stereocenters. The van der Waals surface area contributed by atoms with Gasteiger partial charge in [-0.15, -0.1) is 0 Å². The monoisotopic (exact) mass is 659 g/mol. The van der Waals surface area contributed by atoms with E-state index in [1.54, 1.807) is 0 Å². The van der Waals surface area contributed by atoms with Crippen molar-refractivity contribution in [2.45, 2.75) is 99.3 Å². The summed E-state index contributed by atoms with van der Waals surface area (Å²) in [5, 5.41) is 2.25. The van der Waals surface area contributed by atoms with E-state index in [2.05, 4.69) is 16.7 Å². The Balaban J connectivity index is 0.000000436. The standard InChI is InChI=1S/C29H30ClF2NO3S.C6H14N2/c30-26-14-11-21(17-27(26)36-23-7-3-4-8-23)29(31,32)28(18-34)33-37-25-13-10-19-15-24(12-9-20(19)16-25)35-22-5-1-2-6-22;1-8-4-2-6(7)3-5-8/h9-18,22-23,28,33H,1-8H2;6H,2-5,7H2,1H3. The first-order valence-corrected chi connectivity index (χ1v) is 17.3. The van der Waals surface area contributed by atoms with E-state index >= 15 is 8.78 Å². The first kappa shape index (κ1) is 33.9. The van der Waals surface area contributed by atoms with Crippen LogP contribution in [0.2, 0.25) is 5.02 Å². The predicted molar refractivity (Wildman–Crippen MR) is 179 cm³/mol. The van der Waals surface area contributed by atoms with Gasteiger partial charge in [0.2, 0.25) is 0 Å². The number of fused-ring (bicyclic) bond motifs is 1. The molecule has 45 heavy (non-hydrogen) atoms. The zero-order chi connectivity index (χ0) is 31.8. The number of halogens is 3. The smallest absolute Gasteiger partial charge is 0.295 e. The van der Waals surface area contributed by atoms with Gasteiger partial charge in [-0.3, -0.25) is 0 Å². The van der Waals surface area contributed by atoms with Crippen LogP contribution in [0.4, 0.5) is 8.78 Å². The van der Waals surface area contributed by atoms with Crippen LogP contribution in [-0.2, 0) is 10.7 Å². The zero-order valence-corrected chi connectivity index (χ0v) is 27.4. The Morgan fingerprint density at radius 3 is 2.18 bits per heavy atom. The molecule has 3 aliphatic rings. The van der Waals surface area contributed by atoms with Crippen LogP contribution < -0.4 is 19.9 Å². The Morgan fingerprint density at radius 1 is 0.911 bits per heavy atom. The summed E-state index contributed by atoms with van der Waals surface area (Å²) in [4.78, 5) is 14.8. The minimum absolute atomic E-state index is 0.0184. The number of ether oxygens (including phenoxy) is 2. The van der Waals surface area contributed by atoms with E-state index in [1.165, 1.54) is 57.0 Å². The number of hydrogen-bond acceptors (Lipinski definition) is 7. The van der Waals surface area contributed by atoms with Gasteiger partial charge in [0.05, 0.1) is 17.2 Å². The van der Waals surface area contributed by atoms with Gasteiger partial charge in [-0.1, -0.05) is 29.8 Å². The van der Waals surface area contributed by atoms with E-state index in [0.29, 0.717) is 6.04 Å². The molecule has 3 N–H and O–H groups in total. The van der Waals surface area contributed by atoms with Crippen LogP contribution in [0, 0.1) is 0 Å². The van der Waals surface area contributed by atoms with Crippen LogP contribution in [-0.4, -0.2) is 55.6 Å². The molecule has 0 aromatic heterocycles. The number of carbonyl (C=O) groups excluding carboxylic acids is 1. The average Bonchev–Trinajstić information content (AvgIpc) is 3.75. The van der Waals surface area contributed by atoms with Crippen molar-refractivity contribution in [2.24, 2.45) is 5.73 Å². The summed E-state index contributed by atoms with van der Waals surface area (Å²) in [5.74, 6) is -2.39. The quantitative estimate of drug-likeness (QED) is 0.168. The number of aldehydes is 1.